The molecule has 1 N–H and O–H groups in total. The second-order valence-electron chi connectivity index (χ2n) is 18.0. The number of hydrogen-bond donors (Lipinski definition) is 1. The molecule has 18 nitrogen and oxygen atoms in total. The number of carbonyl (C=O) groups excluding carboxylic acids is 5. The summed E-state index contributed by atoms with van der Waals surface area (Å²) < 4.78 is 26.4. The molecule has 6 heterocycles. The number of hydroxylamine groups is 2. The number of halogens is 1. The summed E-state index contributed by atoms with van der Waals surface area (Å²) in [6, 6.07) is 10.6. The van der Waals surface area contributed by atoms with E-state index in [2.05, 4.69) is 36.2 Å². The molecule has 3 aliphatic rings. The van der Waals surface area contributed by atoms with Crippen molar-refractivity contribution >= 4 is 45.6 Å². The van der Waals surface area contributed by atoms with Crippen molar-refractivity contribution in [2.45, 2.75) is 91.3 Å². The predicted molar refractivity (Wildman–Crippen MR) is 255 cm³/mol. The molecule has 370 valence electrons. The molecule has 3 aliphatic heterocycles. The van der Waals surface area contributed by atoms with E-state index >= 15 is 0 Å². The molecule has 6 rings (SSSR count). The molecular weight excluding hydrogens is 930 g/mol. The van der Waals surface area contributed by atoms with Crippen LogP contribution >= 0.6 is 15.9 Å². The quantitative estimate of drug-likeness (QED) is 0.161. The molecule has 0 radical (unpaired) electrons. The second-order valence-corrected chi connectivity index (χ2v) is 18.9. The number of likely N-dealkylation sites (tertiary alicyclic amines) is 2. The van der Waals surface area contributed by atoms with Gasteiger partial charge in [-0.05, 0) is 127 Å². The van der Waals surface area contributed by atoms with Gasteiger partial charge < -0.3 is 38.8 Å². The van der Waals surface area contributed by atoms with Crippen molar-refractivity contribution in [2.75, 3.05) is 74.8 Å². The van der Waals surface area contributed by atoms with Gasteiger partial charge in [0.15, 0.2) is 11.6 Å². The minimum atomic E-state index is -0.501. The molecule has 0 aromatic carbocycles. The molecule has 3 saturated heterocycles. The van der Waals surface area contributed by atoms with Gasteiger partial charge in [0.05, 0.1) is 28.4 Å². The molecule has 0 aliphatic carbocycles. The SMILES string of the molecule is CON(C)C(=O)C1CCN(C(=O)OC(C)(C)C)CC1.COc1ccc(Br)cn1.COc1ccc(C(=O)C2CCN(C(=O)OC(C)(C)C)CC2)cn1.COc1ccc(C(=O)C2CCNCC2)cn1. The Hall–Kier alpha value is -5.40. The highest BCUT2D eigenvalue weighted by Crippen LogP contribution is 2.25. The number of piperidine rings is 3. The number of nitrogens with one attached hydrogen (secondary N) is 1. The van der Waals surface area contributed by atoms with Gasteiger partial charge in [0.1, 0.15) is 11.2 Å². The van der Waals surface area contributed by atoms with Crippen LogP contribution < -0.4 is 19.5 Å². The Kier molecular flexibility index (Phi) is 22.9. The van der Waals surface area contributed by atoms with Gasteiger partial charge in [0.2, 0.25) is 23.5 Å². The zero-order valence-corrected chi connectivity index (χ0v) is 42.6. The molecule has 3 amide bonds. The topological polar surface area (TPSA) is 201 Å². The maximum atomic E-state index is 12.5. The van der Waals surface area contributed by atoms with Crippen LogP contribution in [0.5, 0.6) is 17.6 Å². The number of ether oxygens (including phenoxy) is 5. The van der Waals surface area contributed by atoms with Crippen molar-refractivity contribution in [3.63, 3.8) is 0 Å². The maximum Gasteiger partial charge on any atom is 0.410 e. The molecule has 0 spiro atoms. The lowest BCUT2D eigenvalue weighted by Gasteiger charge is -2.33. The summed E-state index contributed by atoms with van der Waals surface area (Å²) in [6.45, 7) is 15.1. The lowest BCUT2D eigenvalue weighted by molar-refractivity contribution is -0.174. The van der Waals surface area contributed by atoms with Crippen LogP contribution in [0.1, 0.15) is 101 Å². The Balaban J connectivity index is 0.000000247. The molecular formula is C48H70BrN7O11. The van der Waals surface area contributed by atoms with Crippen molar-refractivity contribution in [1.29, 1.82) is 0 Å². The summed E-state index contributed by atoms with van der Waals surface area (Å²) in [6.07, 6.45) is 8.64. The molecule has 3 fully saturated rings. The van der Waals surface area contributed by atoms with Crippen LogP contribution in [0.3, 0.4) is 0 Å². The minimum Gasteiger partial charge on any atom is -0.481 e. The number of ketones is 2. The van der Waals surface area contributed by atoms with Crippen LogP contribution in [-0.2, 0) is 19.1 Å². The molecule has 0 unspecified atom stereocenters. The van der Waals surface area contributed by atoms with Crippen LogP contribution in [-0.4, -0.2) is 145 Å². The Bertz CT molecular complexity index is 1990. The van der Waals surface area contributed by atoms with Crippen molar-refractivity contribution in [3.8, 4) is 17.6 Å². The first-order chi connectivity index (χ1) is 31.7. The Morgan fingerprint density at radius 3 is 1.28 bits per heavy atom. The van der Waals surface area contributed by atoms with E-state index < -0.39 is 11.2 Å². The molecule has 0 saturated carbocycles. The van der Waals surface area contributed by atoms with Gasteiger partial charge in [0.25, 0.3) is 0 Å². The first-order valence-corrected chi connectivity index (χ1v) is 23.2. The third kappa shape index (κ3) is 19.8. The van der Waals surface area contributed by atoms with Gasteiger partial charge in [-0.25, -0.2) is 29.6 Å². The van der Waals surface area contributed by atoms with E-state index in [4.69, 9.17) is 28.5 Å². The van der Waals surface area contributed by atoms with Crippen LogP contribution in [0.2, 0.25) is 0 Å². The van der Waals surface area contributed by atoms with Crippen LogP contribution in [0.25, 0.3) is 0 Å². The van der Waals surface area contributed by atoms with Gasteiger partial charge in [0, 0.05) is 103 Å². The van der Waals surface area contributed by atoms with Gasteiger partial charge in [-0.1, -0.05) is 0 Å². The highest BCUT2D eigenvalue weighted by Gasteiger charge is 2.32. The predicted octanol–water partition coefficient (Wildman–Crippen LogP) is 7.70. The van der Waals surface area contributed by atoms with E-state index in [1.807, 2.05) is 47.6 Å². The molecule has 0 atom stereocenters. The number of carbonyl (C=O) groups is 5. The number of rotatable bonds is 9. The van der Waals surface area contributed by atoms with Crippen molar-refractivity contribution in [3.05, 3.63) is 70.6 Å². The number of methoxy groups -OCH3 is 3. The lowest BCUT2D eigenvalue weighted by Crippen LogP contribution is -2.45. The maximum absolute atomic E-state index is 12.5. The normalized spacial score (nSPS) is 15.7. The van der Waals surface area contributed by atoms with Gasteiger partial charge >= 0.3 is 12.2 Å². The fourth-order valence-electron chi connectivity index (χ4n) is 6.97. The van der Waals surface area contributed by atoms with Gasteiger partial charge in [-0.3, -0.25) is 19.2 Å². The Labute approximate surface area is 403 Å². The van der Waals surface area contributed by atoms with E-state index in [0.29, 0.717) is 80.6 Å². The van der Waals surface area contributed by atoms with E-state index in [-0.39, 0.29) is 47.4 Å². The summed E-state index contributed by atoms with van der Waals surface area (Å²) >= 11 is 3.26. The van der Waals surface area contributed by atoms with Crippen molar-refractivity contribution < 1.29 is 52.5 Å². The Morgan fingerprint density at radius 2 is 0.955 bits per heavy atom. The lowest BCUT2D eigenvalue weighted by atomic mass is 9.89. The minimum absolute atomic E-state index is 0.0358. The summed E-state index contributed by atoms with van der Waals surface area (Å²) in [5.74, 6) is 1.90. The summed E-state index contributed by atoms with van der Waals surface area (Å²) in [4.78, 5) is 80.6. The highest BCUT2D eigenvalue weighted by molar-refractivity contribution is 9.10. The van der Waals surface area contributed by atoms with E-state index in [1.165, 1.54) is 19.3 Å². The Morgan fingerprint density at radius 1 is 0.582 bits per heavy atom. The number of amides is 3. The number of Topliss-reactive ketones (excluding diaryl/α,β-unsaturated/α-hetero) is 2. The smallest absolute Gasteiger partial charge is 0.410 e. The van der Waals surface area contributed by atoms with E-state index in [9.17, 15) is 24.0 Å². The number of hydrogen-bond acceptors (Lipinski definition) is 15. The zero-order valence-electron chi connectivity index (χ0n) is 41.0. The second kappa shape index (κ2) is 27.4. The number of nitrogens with zero attached hydrogens (tertiary/aromatic N) is 6. The highest BCUT2D eigenvalue weighted by atomic mass is 79.9. The first-order valence-electron chi connectivity index (χ1n) is 22.4. The van der Waals surface area contributed by atoms with E-state index in [1.54, 1.807) is 80.0 Å². The fraction of sp³-hybridized carbons (Fsp3) is 0.583. The summed E-state index contributed by atoms with van der Waals surface area (Å²) in [5, 5.41) is 4.50. The van der Waals surface area contributed by atoms with Gasteiger partial charge in [-0.2, -0.15) is 0 Å². The van der Waals surface area contributed by atoms with Crippen molar-refractivity contribution in [1.82, 2.24) is 35.1 Å². The number of aromatic nitrogens is 3. The molecule has 67 heavy (non-hydrogen) atoms. The van der Waals surface area contributed by atoms with Crippen LogP contribution in [0.15, 0.2) is 59.5 Å². The number of pyridine rings is 3. The van der Waals surface area contributed by atoms with E-state index in [0.717, 1.165) is 30.4 Å². The van der Waals surface area contributed by atoms with Crippen LogP contribution in [0.4, 0.5) is 9.59 Å². The van der Waals surface area contributed by atoms with Crippen molar-refractivity contribution in [2.24, 2.45) is 17.8 Å². The molecule has 19 heteroatoms. The monoisotopic (exact) mass is 999 g/mol. The molecule has 0 bridgehead atoms. The first kappa shape index (κ1) is 55.9. The zero-order chi connectivity index (χ0) is 49.7. The average Bonchev–Trinajstić information content (AvgIpc) is 3.33. The standard InChI is InChI=1S/C17H24N2O4.C13H24N2O4.C12H16N2O2.C6H6BrNO/c1-17(2,3)23-16(21)19-9-7-12(8-10-19)15(20)13-5-6-14(22-4)18-11-13;1-13(2,3)19-12(17)15-8-6-10(7-9-15)11(16)14(4)18-5;1-16-11-3-2-10(8-14-11)12(15)9-4-6-13-7-5-9;1-9-6-3-2-5(7)4-8-6/h5-6,11-12H,7-10H2,1-4H3;10H,6-9H2,1-5H3;2-3,8-9,13H,4-7H2,1H3;2-4H,1H3. The third-order valence-corrected chi connectivity index (χ3v) is 11.1. The third-order valence-electron chi connectivity index (χ3n) is 10.7. The summed E-state index contributed by atoms with van der Waals surface area (Å²) in [7, 11) is 7.76. The fourth-order valence-corrected chi connectivity index (χ4v) is 7.20. The largest absolute Gasteiger partial charge is 0.481 e. The molecule has 3 aromatic rings. The summed E-state index contributed by atoms with van der Waals surface area (Å²) in [5.41, 5.74) is 0.285. The average molecular weight is 1000 g/mol. The van der Waals surface area contributed by atoms with Gasteiger partial charge in [-0.15, -0.1) is 0 Å². The molecule has 3 aromatic heterocycles. The van der Waals surface area contributed by atoms with Crippen LogP contribution in [0, 0.1) is 17.8 Å².